The van der Waals surface area contributed by atoms with Gasteiger partial charge in [0.25, 0.3) is 0 Å². The minimum absolute atomic E-state index is 0.231. The van der Waals surface area contributed by atoms with Crippen molar-refractivity contribution in [3.63, 3.8) is 0 Å². The molecule has 1 saturated carbocycles. The molecular formula is C14H23N3O. The molecule has 0 aliphatic heterocycles. The van der Waals surface area contributed by atoms with E-state index >= 15 is 0 Å². The molecule has 100 valence electrons. The van der Waals surface area contributed by atoms with E-state index in [4.69, 9.17) is 10.5 Å². The Morgan fingerprint density at radius 3 is 2.56 bits per heavy atom. The van der Waals surface area contributed by atoms with Crippen LogP contribution in [0.5, 0.6) is 5.88 Å². The van der Waals surface area contributed by atoms with Gasteiger partial charge in [0.1, 0.15) is 5.69 Å². The number of ether oxygens (including phenoxy) is 1. The Morgan fingerprint density at radius 2 is 1.94 bits per heavy atom. The first kappa shape index (κ1) is 13.3. The van der Waals surface area contributed by atoms with E-state index in [2.05, 4.69) is 30.7 Å². The van der Waals surface area contributed by atoms with Crippen LogP contribution >= 0.6 is 0 Å². The van der Waals surface area contributed by atoms with Crippen molar-refractivity contribution in [2.24, 2.45) is 17.1 Å². The molecular weight excluding hydrogens is 226 g/mol. The first-order chi connectivity index (χ1) is 8.36. The van der Waals surface area contributed by atoms with Crippen LogP contribution in [0.15, 0.2) is 12.4 Å². The number of hydrogen-bond donors (Lipinski definition) is 1. The largest absolute Gasteiger partial charge is 0.480 e. The normalized spacial score (nSPS) is 31.1. The third-order valence-electron chi connectivity index (χ3n) is 3.74. The van der Waals surface area contributed by atoms with Gasteiger partial charge in [0.2, 0.25) is 5.88 Å². The fraction of sp³-hybridized carbons (Fsp3) is 0.714. The average Bonchev–Trinajstić information content (AvgIpc) is 2.25. The van der Waals surface area contributed by atoms with Crippen molar-refractivity contribution in [3.05, 3.63) is 18.1 Å². The Morgan fingerprint density at radius 1 is 1.28 bits per heavy atom. The lowest BCUT2D eigenvalue weighted by Crippen LogP contribution is -2.47. The first-order valence-electron chi connectivity index (χ1n) is 6.51. The van der Waals surface area contributed by atoms with Crippen molar-refractivity contribution in [1.82, 2.24) is 9.97 Å². The standard InChI is InChI=1S/C14H23N3O/c1-10-7-13(2,3)9-14(15,8-10)11-12(18-4)17-6-5-16-11/h5-6,10H,7-9,15H2,1-4H3. The molecule has 1 heterocycles. The summed E-state index contributed by atoms with van der Waals surface area (Å²) in [6.45, 7) is 6.80. The van der Waals surface area contributed by atoms with Crippen LogP contribution in [-0.4, -0.2) is 17.1 Å². The molecule has 1 fully saturated rings. The van der Waals surface area contributed by atoms with Gasteiger partial charge in [-0.15, -0.1) is 0 Å². The smallest absolute Gasteiger partial charge is 0.237 e. The Labute approximate surface area is 109 Å². The predicted octanol–water partition coefficient (Wildman–Crippen LogP) is 2.49. The van der Waals surface area contributed by atoms with E-state index in [0.717, 1.165) is 18.5 Å². The SMILES string of the molecule is COc1nccnc1C1(N)CC(C)CC(C)(C)C1. The van der Waals surface area contributed by atoms with Crippen molar-refractivity contribution in [1.29, 1.82) is 0 Å². The monoisotopic (exact) mass is 249 g/mol. The number of nitrogens with zero attached hydrogens (tertiary/aromatic N) is 2. The Bertz CT molecular complexity index is 433. The second-order valence-electron chi connectivity index (χ2n) is 6.42. The molecule has 0 aromatic carbocycles. The van der Waals surface area contributed by atoms with Crippen molar-refractivity contribution in [2.75, 3.05) is 7.11 Å². The molecule has 2 rings (SSSR count). The second kappa shape index (κ2) is 4.50. The summed E-state index contributed by atoms with van der Waals surface area (Å²) in [5, 5.41) is 0. The van der Waals surface area contributed by atoms with E-state index in [0.29, 0.717) is 11.8 Å². The maximum Gasteiger partial charge on any atom is 0.237 e. The van der Waals surface area contributed by atoms with Gasteiger partial charge < -0.3 is 10.5 Å². The summed E-state index contributed by atoms with van der Waals surface area (Å²) in [6, 6.07) is 0. The summed E-state index contributed by atoms with van der Waals surface area (Å²) < 4.78 is 5.31. The van der Waals surface area contributed by atoms with E-state index in [9.17, 15) is 0 Å². The van der Waals surface area contributed by atoms with Gasteiger partial charge in [-0.1, -0.05) is 20.8 Å². The van der Waals surface area contributed by atoms with Gasteiger partial charge in [-0.3, -0.25) is 4.98 Å². The highest BCUT2D eigenvalue weighted by Gasteiger charge is 2.44. The van der Waals surface area contributed by atoms with Crippen molar-refractivity contribution >= 4 is 0 Å². The highest BCUT2D eigenvalue weighted by Crippen LogP contribution is 2.47. The van der Waals surface area contributed by atoms with Gasteiger partial charge in [-0.25, -0.2) is 4.98 Å². The zero-order valence-electron chi connectivity index (χ0n) is 11.7. The lowest BCUT2D eigenvalue weighted by Gasteiger charge is -2.45. The van der Waals surface area contributed by atoms with Crippen LogP contribution in [0.25, 0.3) is 0 Å². The average molecular weight is 249 g/mol. The number of methoxy groups -OCH3 is 1. The quantitative estimate of drug-likeness (QED) is 0.874. The summed E-state index contributed by atoms with van der Waals surface area (Å²) >= 11 is 0. The van der Waals surface area contributed by atoms with Crippen LogP contribution in [0.3, 0.4) is 0 Å². The summed E-state index contributed by atoms with van der Waals surface area (Å²) in [5.41, 5.74) is 7.24. The molecule has 0 spiro atoms. The first-order valence-corrected chi connectivity index (χ1v) is 6.51. The molecule has 0 saturated heterocycles. The molecule has 0 bridgehead atoms. The van der Waals surface area contributed by atoms with E-state index in [-0.39, 0.29) is 5.41 Å². The van der Waals surface area contributed by atoms with Crippen LogP contribution in [0, 0.1) is 11.3 Å². The second-order valence-corrected chi connectivity index (χ2v) is 6.42. The maximum atomic E-state index is 6.64. The molecule has 1 aliphatic carbocycles. The number of aromatic nitrogens is 2. The molecule has 0 amide bonds. The van der Waals surface area contributed by atoms with E-state index in [1.165, 1.54) is 6.42 Å². The molecule has 2 unspecified atom stereocenters. The minimum Gasteiger partial charge on any atom is -0.480 e. The van der Waals surface area contributed by atoms with Crippen LogP contribution in [0.4, 0.5) is 0 Å². The van der Waals surface area contributed by atoms with E-state index in [1.807, 2.05) is 0 Å². The number of rotatable bonds is 2. The van der Waals surface area contributed by atoms with Gasteiger partial charge in [-0.05, 0) is 30.6 Å². The lowest BCUT2D eigenvalue weighted by atomic mass is 9.63. The lowest BCUT2D eigenvalue weighted by molar-refractivity contribution is 0.102. The highest BCUT2D eigenvalue weighted by molar-refractivity contribution is 5.27. The van der Waals surface area contributed by atoms with Gasteiger partial charge in [0, 0.05) is 12.4 Å². The Hall–Kier alpha value is -1.16. The van der Waals surface area contributed by atoms with E-state index < -0.39 is 5.54 Å². The van der Waals surface area contributed by atoms with Crippen molar-refractivity contribution < 1.29 is 4.74 Å². The van der Waals surface area contributed by atoms with Gasteiger partial charge in [-0.2, -0.15) is 0 Å². The van der Waals surface area contributed by atoms with Crippen molar-refractivity contribution in [3.8, 4) is 5.88 Å². The summed E-state index contributed by atoms with van der Waals surface area (Å²) in [4.78, 5) is 8.66. The highest BCUT2D eigenvalue weighted by atomic mass is 16.5. The molecule has 2 atom stereocenters. The predicted molar refractivity (Wildman–Crippen MR) is 71.2 cm³/mol. The van der Waals surface area contributed by atoms with Crippen molar-refractivity contribution in [2.45, 2.75) is 45.6 Å². The third-order valence-corrected chi connectivity index (χ3v) is 3.74. The molecule has 4 heteroatoms. The molecule has 1 aliphatic rings. The number of nitrogens with two attached hydrogens (primary N) is 1. The molecule has 1 aromatic heterocycles. The molecule has 1 aromatic rings. The topological polar surface area (TPSA) is 61.0 Å². The molecule has 2 N–H and O–H groups in total. The van der Waals surface area contributed by atoms with Crippen LogP contribution in [0.1, 0.15) is 45.7 Å². The van der Waals surface area contributed by atoms with Gasteiger partial charge in [0.05, 0.1) is 12.6 Å². The fourth-order valence-corrected chi connectivity index (χ4v) is 3.63. The maximum absolute atomic E-state index is 6.64. The molecule has 18 heavy (non-hydrogen) atoms. The van der Waals surface area contributed by atoms with Crippen LogP contribution in [0.2, 0.25) is 0 Å². The molecule has 4 nitrogen and oxygen atoms in total. The summed E-state index contributed by atoms with van der Waals surface area (Å²) in [6.07, 6.45) is 6.39. The van der Waals surface area contributed by atoms with E-state index in [1.54, 1.807) is 19.5 Å². The summed E-state index contributed by atoms with van der Waals surface area (Å²) in [7, 11) is 1.62. The zero-order chi connectivity index (χ0) is 13.4. The minimum atomic E-state index is -0.430. The molecule has 0 radical (unpaired) electrons. The zero-order valence-corrected chi connectivity index (χ0v) is 11.7. The van der Waals surface area contributed by atoms with Gasteiger partial charge >= 0.3 is 0 Å². The third kappa shape index (κ3) is 2.48. The number of hydrogen-bond acceptors (Lipinski definition) is 4. The van der Waals surface area contributed by atoms with Crippen LogP contribution in [-0.2, 0) is 5.54 Å². The Kier molecular flexibility index (Phi) is 3.32. The van der Waals surface area contributed by atoms with Crippen LogP contribution < -0.4 is 10.5 Å². The fourth-order valence-electron chi connectivity index (χ4n) is 3.63. The summed E-state index contributed by atoms with van der Waals surface area (Å²) in [5.74, 6) is 1.15. The Balaban J connectivity index is 2.41. The van der Waals surface area contributed by atoms with Gasteiger partial charge in [0.15, 0.2) is 0 Å².